The Labute approximate surface area is 443 Å². The van der Waals surface area contributed by atoms with Gasteiger partial charge in [-0.2, -0.15) is 0 Å². The molecule has 0 aliphatic carbocycles. The fraction of sp³-hybridized carbons (Fsp3) is 0.114. The maximum Gasteiger partial charge on any atom is 0.264 e. The van der Waals surface area contributed by atoms with Crippen LogP contribution in [0.3, 0.4) is 0 Å². The molecule has 0 saturated heterocycles. The van der Waals surface area contributed by atoms with E-state index in [9.17, 15) is 0 Å². The predicted molar refractivity (Wildman–Crippen MR) is 328 cm³/mol. The van der Waals surface area contributed by atoms with Crippen LogP contribution in [0.1, 0.15) is 52.7 Å². The summed E-state index contributed by atoms with van der Waals surface area (Å²) in [6.07, 6.45) is 0. The van der Waals surface area contributed by atoms with E-state index in [1.807, 2.05) is 11.3 Å². The quantitative estimate of drug-likeness (QED) is 0.158. The molecule has 10 aromatic carbocycles. The van der Waals surface area contributed by atoms with Gasteiger partial charge in [0.1, 0.15) is 0 Å². The van der Waals surface area contributed by atoms with Crippen LogP contribution in [0.15, 0.2) is 188 Å². The average Bonchev–Trinajstić information content (AvgIpc) is 4.31. The third kappa shape index (κ3) is 4.98. The summed E-state index contributed by atoms with van der Waals surface area (Å²) in [6, 6.07) is 72.8. The third-order valence-corrected chi connectivity index (χ3v) is 19.2. The van der Waals surface area contributed by atoms with Crippen molar-refractivity contribution in [1.29, 1.82) is 0 Å². The summed E-state index contributed by atoms with van der Waals surface area (Å²) in [5.74, 6) is 0. The van der Waals surface area contributed by atoms with Crippen LogP contribution in [0, 0.1) is 0 Å². The number of hydrogen-bond acceptors (Lipinski definition) is 2. The minimum Gasteiger partial charge on any atom is -0.310 e. The molecular formula is C70H49BN4S. The molecule has 0 radical (unpaired) electrons. The Balaban J connectivity index is 1.04. The molecule has 4 nitrogen and oxygen atoms in total. The Bertz CT molecular complexity index is 5260. The molecule has 2 aliphatic heterocycles. The second-order valence-electron chi connectivity index (χ2n) is 24.0. The molecule has 8 heterocycles. The van der Waals surface area contributed by atoms with Gasteiger partial charge in [0.25, 0.3) is 6.71 Å². The molecule has 0 atom stereocenters. The van der Waals surface area contributed by atoms with E-state index in [0.29, 0.717) is 0 Å². The molecule has 358 valence electrons. The minimum absolute atomic E-state index is 0.0139. The molecular weight excluding hydrogens is 940 g/mol. The van der Waals surface area contributed by atoms with Crippen molar-refractivity contribution in [1.82, 2.24) is 13.4 Å². The number of thiophene rings is 1. The summed E-state index contributed by atoms with van der Waals surface area (Å²) in [7, 11) is 0. The molecule has 2 aliphatic rings. The van der Waals surface area contributed by atoms with E-state index < -0.39 is 0 Å². The van der Waals surface area contributed by atoms with Gasteiger partial charge in [0.15, 0.2) is 0 Å². The van der Waals surface area contributed by atoms with Crippen LogP contribution in [0.4, 0.5) is 17.1 Å². The maximum atomic E-state index is 2.72. The van der Waals surface area contributed by atoms with Crippen LogP contribution in [0.5, 0.6) is 0 Å². The first-order valence-electron chi connectivity index (χ1n) is 27.0. The standard InChI is InChI=1S/C70H49BN4S/c1-69(2,3)38-27-30-40(31-28-38)72-57-33-32-50(47-21-13-20-46-45-19-11-18-44-42-16-8-10-26-56(42)74(63(44)45)64(46)47)66-61(57)71(68-67(72)53-35-39(70(4,5)6)29-34-60(53)76-68)54-24-14-23-49-52-36-51-48-22-12-17-43-41-15-7-9-25-55(41)73(62(43)48)58(51)37-59(52)75(66)65(49)54/h7-37H,1-6H3. The zero-order valence-electron chi connectivity index (χ0n) is 43.2. The molecule has 0 amide bonds. The lowest BCUT2D eigenvalue weighted by atomic mass is 9.36. The number of para-hydroxylation sites is 6. The second kappa shape index (κ2) is 13.8. The topological polar surface area (TPSA) is 17.0 Å². The van der Waals surface area contributed by atoms with Gasteiger partial charge >= 0.3 is 0 Å². The van der Waals surface area contributed by atoms with Gasteiger partial charge in [-0.05, 0) is 87.5 Å². The fourth-order valence-electron chi connectivity index (χ4n) is 14.6. The first-order valence-corrected chi connectivity index (χ1v) is 27.8. The van der Waals surface area contributed by atoms with Crippen LogP contribution >= 0.6 is 11.3 Å². The molecule has 16 aromatic rings. The highest BCUT2D eigenvalue weighted by molar-refractivity contribution is 7.33. The summed E-state index contributed by atoms with van der Waals surface area (Å²) < 4.78 is 10.6. The first kappa shape index (κ1) is 41.7. The number of fused-ring (bicyclic) bond motifs is 21. The van der Waals surface area contributed by atoms with Gasteiger partial charge < -0.3 is 18.3 Å². The van der Waals surface area contributed by atoms with E-state index in [1.165, 1.54) is 169 Å². The predicted octanol–water partition coefficient (Wildman–Crippen LogP) is 17.2. The van der Waals surface area contributed by atoms with Gasteiger partial charge in [-0.25, -0.2) is 0 Å². The van der Waals surface area contributed by atoms with Gasteiger partial charge in [0.2, 0.25) is 0 Å². The molecule has 0 unspecified atom stereocenters. The van der Waals surface area contributed by atoms with E-state index in [2.05, 4.69) is 248 Å². The van der Waals surface area contributed by atoms with Crippen molar-refractivity contribution in [3.8, 4) is 16.8 Å². The Morgan fingerprint density at radius 3 is 1.66 bits per heavy atom. The zero-order valence-corrected chi connectivity index (χ0v) is 44.0. The third-order valence-electron chi connectivity index (χ3n) is 18.0. The van der Waals surface area contributed by atoms with Crippen LogP contribution in [-0.4, -0.2) is 20.1 Å². The van der Waals surface area contributed by atoms with Crippen molar-refractivity contribution in [3.63, 3.8) is 0 Å². The van der Waals surface area contributed by atoms with E-state index in [4.69, 9.17) is 0 Å². The van der Waals surface area contributed by atoms with E-state index in [-0.39, 0.29) is 17.5 Å². The molecule has 0 fully saturated rings. The van der Waals surface area contributed by atoms with Gasteiger partial charge in [0.05, 0.1) is 50.0 Å². The van der Waals surface area contributed by atoms with E-state index >= 15 is 0 Å². The highest BCUT2D eigenvalue weighted by Gasteiger charge is 2.45. The second-order valence-corrected chi connectivity index (χ2v) is 25.1. The van der Waals surface area contributed by atoms with Crippen LogP contribution < -0.4 is 20.6 Å². The highest BCUT2D eigenvalue weighted by atomic mass is 32.1. The van der Waals surface area contributed by atoms with Gasteiger partial charge in [-0.1, -0.05) is 175 Å². The van der Waals surface area contributed by atoms with E-state index in [0.717, 1.165) is 0 Å². The Morgan fingerprint density at radius 1 is 0.382 bits per heavy atom. The smallest absolute Gasteiger partial charge is 0.264 e. The van der Waals surface area contributed by atoms with Gasteiger partial charge in [0, 0.05) is 96.7 Å². The molecule has 6 aromatic heterocycles. The number of rotatable bonds is 2. The lowest BCUT2D eigenvalue weighted by Crippen LogP contribution is -2.59. The normalized spacial score (nSPS) is 13.9. The van der Waals surface area contributed by atoms with Crippen LogP contribution in [0.2, 0.25) is 0 Å². The number of benzene rings is 10. The average molecular weight is 989 g/mol. The molecule has 0 spiro atoms. The van der Waals surface area contributed by atoms with Crippen LogP contribution in [0.25, 0.3) is 125 Å². The lowest BCUT2D eigenvalue weighted by Gasteiger charge is -2.40. The van der Waals surface area contributed by atoms with Crippen molar-refractivity contribution in [3.05, 3.63) is 199 Å². The summed E-state index contributed by atoms with van der Waals surface area (Å²) in [5.41, 5.74) is 23.0. The largest absolute Gasteiger partial charge is 0.310 e. The lowest BCUT2D eigenvalue weighted by molar-refractivity contribution is 0.590. The van der Waals surface area contributed by atoms with Crippen LogP contribution in [-0.2, 0) is 10.8 Å². The first-order chi connectivity index (χ1) is 37.0. The van der Waals surface area contributed by atoms with Gasteiger partial charge in [-0.3, -0.25) is 0 Å². The Kier molecular flexibility index (Phi) is 7.59. The fourth-order valence-corrected chi connectivity index (χ4v) is 15.9. The monoisotopic (exact) mass is 988 g/mol. The highest BCUT2D eigenvalue weighted by Crippen LogP contribution is 2.51. The number of hydrogen-bond donors (Lipinski definition) is 0. The molecule has 0 N–H and O–H groups in total. The summed E-state index contributed by atoms with van der Waals surface area (Å²) in [4.78, 5) is 2.65. The summed E-state index contributed by atoms with van der Waals surface area (Å²) >= 11 is 1.99. The Morgan fingerprint density at radius 2 is 0.947 bits per heavy atom. The van der Waals surface area contributed by atoms with Crippen molar-refractivity contribution >= 4 is 159 Å². The van der Waals surface area contributed by atoms with Crippen molar-refractivity contribution in [2.75, 3.05) is 4.90 Å². The molecule has 76 heavy (non-hydrogen) atoms. The molecule has 0 bridgehead atoms. The zero-order chi connectivity index (χ0) is 50.4. The molecule has 6 heteroatoms. The number of aromatic nitrogens is 3. The van der Waals surface area contributed by atoms with Gasteiger partial charge in [-0.15, -0.1) is 11.3 Å². The Hall–Kier alpha value is -8.58. The van der Waals surface area contributed by atoms with E-state index in [1.54, 1.807) is 0 Å². The molecule has 18 rings (SSSR count). The van der Waals surface area contributed by atoms with Crippen molar-refractivity contribution in [2.45, 2.75) is 52.4 Å². The summed E-state index contributed by atoms with van der Waals surface area (Å²) in [5, 5.41) is 14.3. The maximum absolute atomic E-state index is 2.72. The van der Waals surface area contributed by atoms with Crippen molar-refractivity contribution < 1.29 is 0 Å². The summed E-state index contributed by atoms with van der Waals surface area (Å²) in [6.45, 7) is 14.0. The minimum atomic E-state index is -0.0188. The molecule has 0 saturated carbocycles. The number of nitrogens with zero attached hydrogens (tertiary/aromatic N) is 4. The number of anilines is 3. The SMILES string of the molecule is CC(C)(C)c1ccc(N2c3ccc(-c4cccc5c6cccc7c8ccccc8n(c45)c76)c4c3B(c3sc5ccc(C(C)(C)C)cc5c32)c2cccc3c5cc6c7cccc8c9ccccc9n(c6cc5n-4c23)c87)cc1. The van der Waals surface area contributed by atoms with Crippen molar-refractivity contribution in [2.24, 2.45) is 0 Å².